The van der Waals surface area contributed by atoms with Crippen LogP contribution in [0.15, 0.2) is 17.7 Å². The second-order valence-electron chi connectivity index (χ2n) is 13.1. The van der Waals surface area contributed by atoms with Gasteiger partial charge in [0.2, 0.25) is 0 Å². The second-order valence-corrected chi connectivity index (χ2v) is 13.1. The number of aliphatic hydroxyl groups excluding tert-OH is 1. The zero-order valence-electron chi connectivity index (χ0n) is 21.5. The molecule has 1 aromatic carbocycles. The van der Waals surface area contributed by atoms with E-state index >= 15 is 0 Å². The third-order valence-corrected chi connectivity index (χ3v) is 11.5. The molecular weight excluding hydrogens is 444 g/mol. The molecule has 0 amide bonds. The molecule has 0 aromatic heterocycles. The maximum atomic E-state index is 13.5. The number of hydrogen-bond donors (Lipinski definition) is 4. The molecule has 0 bridgehead atoms. The summed E-state index contributed by atoms with van der Waals surface area (Å²) in [5.74, 6) is -1.50. The van der Waals surface area contributed by atoms with Crippen molar-refractivity contribution in [2.24, 2.45) is 27.6 Å². The summed E-state index contributed by atoms with van der Waals surface area (Å²) in [6.07, 6.45) is 7.49. The summed E-state index contributed by atoms with van der Waals surface area (Å²) in [6, 6.07) is 1.51. The molecule has 3 fully saturated rings. The van der Waals surface area contributed by atoms with E-state index in [4.69, 9.17) is 0 Å². The molecule has 0 spiro atoms. The predicted molar refractivity (Wildman–Crippen MR) is 131 cm³/mol. The molecule has 3 saturated carbocycles. The minimum Gasteiger partial charge on any atom is -0.504 e. The molecule has 6 atom stereocenters. The van der Waals surface area contributed by atoms with Gasteiger partial charge in [0, 0.05) is 16.5 Å². The molecule has 4 N–H and O–H groups in total. The molecule has 4 aliphatic carbocycles. The van der Waals surface area contributed by atoms with Gasteiger partial charge < -0.3 is 20.4 Å². The van der Waals surface area contributed by atoms with Crippen LogP contribution in [0, 0.1) is 27.6 Å². The number of phenolic OH excluding ortho intramolecular Hbond substituents is 1. The predicted octanol–water partition coefficient (Wildman–Crippen LogP) is 5.47. The number of hydrogen-bond acceptors (Lipinski definition) is 5. The number of carboxylic acid groups (broad SMARTS) is 1. The van der Waals surface area contributed by atoms with Crippen LogP contribution in [0.4, 0.5) is 0 Å². The Kier molecular flexibility index (Phi) is 4.95. The van der Waals surface area contributed by atoms with Crippen molar-refractivity contribution in [3.05, 3.63) is 34.4 Å². The van der Waals surface area contributed by atoms with Crippen molar-refractivity contribution < 1.29 is 30.0 Å². The van der Waals surface area contributed by atoms with Gasteiger partial charge in [-0.3, -0.25) is 9.59 Å². The molecule has 1 aromatic rings. The summed E-state index contributed by atoms with van der Waals surface area (Å²) in [5.41, 5.74) is 0.422. The third kappa shape index (κ3) is 2.86. The summed E-state index contributed by atoms with van der Waals surface area (Å²) >= 11 is 0. The molecule has 6 nitrogen and oxygen atoms in total. The van der Waals surface area contributed by atoms with Gasteiger partial charge in [-0.2, -0.15) is 0 Å². The number of benzene rings is 1. The Hall–Kier alpha value is -2.34. The number of carboxylic acids is 1. The van der Waals surface area contributed by atoms with E-state index in [1.165, 1.54) is 6.07 Å². The van der Waals surface area contributed by atoms with Crippen molar-refractivity contribution >= 4 is 11.8 Å². The third-order valence-electron chi connectivity index (χ3n) is 11.5. The first kappa shape index (κ1) is 24.4. The number of carbonyl (C=O) groups excluding carboxylic acids is 1. The first-order valence-corrected chi connectivity index (χ1v) is 12.9. The lowest BCUT2D eigenvalue weighted by Crippen LogP contribution is -2.62. The maximum absolute atomic E-state index is 13.5. The number of aliphatic hydroxyl groups is 1. The molecule has 4 aliphatic rings. The van der Waals surface area contributed by atoms with Crippen LogP contribution in [-0.4, -0.2) is 32.2 Å². The molecule has 190 valence electrons. The number of allylic oxidation sites excluding steroid dienone is 2. The number of fused-ring (bicyclic) bond motifs is 7. The number of carbonyl (C=O) groups is 2. The van der Waals surface area contributed by atoms with Crippen molar-refractivity contribution in [3.8, 4) is 11.5 Å². The SMILES string of the molecule is C[C@@]1(C(=O)O)CC[C@]2(C)CC[C@]3(C)C4=CC(=O)c5c(cc(O)c(O)c5CO)[C@]4(C)CC[C@@]3(C)[C@@H]2C1. The van der Waals surface area contributed by atoms with Crippen LogP contribution >= 0.6 is 0 Å². The number of phenols is 2. The summed E-state index contributed by atoms with van der Waals surface area (Å²) in [7, 11) is 0. The molecule has 0 radical (unpaired) electrons. The van der Waals surface area contributed by atoms with E-state index < -0.39 is 29.2 Å². The molecule has 6 heteroatoms. The average Bonchev–Trinajstić information content (AvgIpc) is 2.80. The molecule has 5 rings (SSSR count). The second kappa shape index (κ2) is 7.12. The van der Waals surface area contributed by atoms with Crippen LogP contribution in [0.2, 0.25) is 0 Å². The van der Waals surface area contributed by atoms with Crippen molar-refractivity contribution in [2.45, 2.75) is 91.6 Å². The van der Waals surface area contributed by atoms with Gasteiger partial charge in [-0.25, -0.2) is 0 Å². The molecule has 0 heterocycles. The van der Waals surface area contributed by atoms with Gasteiger partial charge in [0.05, 0.1) is 12.0 Å². The zero-order valence-corrected chi connectivity index (χ0v) is 21.5. The fourth-order valence-corrected chi connectivity index (χ4v) is 8.76. The Morgan fingerprint density at radius 1 is 1.00 bits per heavy atom. The lowest BCUT2D eigenvalue weighted by molar-refractivity contribution is -0.177. The molecule has 0 unspecified atom stereocenters. The average molecular weight is 483 g/mol. The number of aromatic hydroxyl groups is 2. The Labute approximate surface area is 207 Å². The topological polar surface area (TPSA) is 115 Å². The van der Waals surface area contributed by atoms with Crippen LogP contribution in [-0.2, 0) is 16.8 Å². The minimum absolute atomic E-state index is 0.0716. The summed E-state index contributed by atoms with van der Waals surface area (Å²) in [6.45, 7) is 10.4. The van der Waals surface area contributed by atoms with E-state index in [0.29, 0.717) is 24.0 Å². The fourth-order valence-electron chi connectivity index (χ4n) is 8.76. The number of ketones is 1. The van der Waals surface area contributed by atoms with Gasteiger partial charge >= 0.3 is 5.97 Å². The largest absolute Gasteiger partial charge is 0.504 e. The number of rotatable bonds is 2. The first-order valence-electron chi connectivity index (χ1n) is 12.9. The molecule has 35 heavy (non-hydrogen) atoms. The van der Waals surface area contributed by atoms with Crippen molar-refractivity contribution in [2.75, 3.05) is 0 Å². The quantitative estimate of drug-likeness (QED) is 0.416. The zero-order chi connectivity index (χ0) is 25.8. The normalized spacial score (nSPS) is 42.3. The monoisotopic (exact) mass is 482 g/mol. The molecular formula is C29H38O6. The van der Waals surface area contributed by atoms with E-state index in [0.717, 1.165) is 37.7 Å². The van der Waals surface area contributed by atoms with Crippen LogP contribution in [0.25, 0.3) is 0 Å². The highest BCUT2D eigenvalue weighted by molar-refractivity contribution is 6.10. The van der Waals surface area contributed by atoms with E-state index in [9.17, 15) is 30.0 Å². The highest BCUT2D eigenvalue weighted by atomic mass is 16.4. The minimum atomic E-state index is -0.741. The van der Waals surface area contributed by atoms with Gasteiger partial charge in [-0.05, 0) is 97.3 Å². The summed E-state index contributed by atoms with van der Waals surface area (Å²) < 4.78 is 0. The molecule has 0 saturated heterocycles. The molecule has 0 aliphatic heterocycles. The standard InChI is InChI=1S/C29H38O6/c1-25-6-7-26(2,24(34)35)14-21(25)29(5)11-9-27(3)17-12-19(32)23(33)16(15-30)22(17)18(31)13-20(27)28(29,4)10-8-25/h12-13,21,30,32-33H,6-11,14-15H2,1-5H3,(H,34,35)/t21-,25-,26-,27+,28-,29+/m1/s1. The highest BCUT2D eigenvalue weighted by Crippen LogP contribution is 2.74. The van der Waals surface area contributed by atoms with E-state index in [1.807, 2.05) is 6.92 Å². The maximum Gasteiger partial charge on any atom is 0.309 e. The number of aliphatic carboxylic acids is 1. The van der Waals surface area contributed by atoms with Crippen LogP contribution in [0.1, 0.15) is 101 Å². The van der Waals surface area contributed by atoms with E-state index in [1.54, 1.807) is 6.08 Å². The highest BCUT2D eigenvalue weighted by Gasteiger charge is 2.67. The van der Waals surface area contributed by atoms with Gasteiger partial charge in [-0.15, -0.1) is 0 Å². The van der Waals surface area contributed by atoms with Gasteiger partial charge in [-0.1, -0.05) is 27.7 Å². The van der Waals surface area contributed by atoms with Crippen LogP contribution in [0.5, 0.6) is 11.5 Å². The van der Waals surface area contributed by atoms with Crippen LogP contribution < -0.4 is 0 Å². The lowest BCUT2D eigenvalue weighted by atomic mass is 9.34. The van der Waals surface area contributed by atoms with Crippen LogP contribution in [0.3, 0.4) is 0 Å². The summed E-state index contributed by atoms with van der Waals surface area (Å²) in [5, 5.41) is 40.8. The lowest BCUT2D eigenvalue weighted by Gasteiger charge is -2.69. The first-order chi connectivity index (χ1) is 16.2. The van der Waals surface area contributed by atoms with Crippen molar-refractivity contribution in [1.29, 1.82) is 0 Å². The van der Waals surface area contributed by atoms with Crippen molar-refractivity contribution in [3.63, 3.8) is 0 Å². The Bertz CT molecular complexity index is 1180. The van der Waals surface area contributed by atoms with Crippen molar-refractivity contribution in [1.82, 2.24) is 0 Å². The fraction of sp³-hybridized carbons (Fsp3) is 0.655. The van der Waals surface area contributed by atoms with E-state index in [-0.39, 0.29) is 39.3 Å². The Morgan fingerprint density at radius 3 is 2.29 bits per heavy atom. The smallest absolute Gasteiger partial charge is 0.309 e. The summed E-state index contributed by atoms with van der Waals surface area (Å²) in [4.78, 5) is 25.8. The van der Waals surface area contributed by atoms with Gasteiger partial charge in [0.15, 0.2) is 17.3 Å². The van der Waals surface area contributed by atoms with E-state index in [2.05, 4.69) is 27.7 Å². The van der Waals surface area contributed by atoms with Gasteiger partial charge in [0.1, 0.15) is 0 Å². The Balaban J connectivity index is 1.68. The van der Waals surface area contributed by atoms with Gasteiger partial charge in [0.25, 0.3) is 0 Å². The Morgan fingerprint density at radius 2 is 1.66 bits per heavy atom.